The molecule has 2 saturated heterocycles. The lowest BCUT2D eigenvalue weighted by molar-refractivity contribution is 0.0120. The molecule has 2 aliphatic rings. The summed E-state index contributed by atoms with van der Waals surface area (Å²) in [6, 6.07) is 6.59. The molecule has 0 aromatic carbocycles. The van der Waals surface area contributed by atoms with Crippen molar-refractivity contribution in [3.63, 3.8) is 0 Å². The largest absolute Gasteiger partial charge is 0.371 e. The minimum absolute atomic E-state index is 0.0126. The van der Waals surface area contributed by atoms with Crippen molar-refractivity contribution >= 4 is 17.3 Å². The maximum absolute atomic E-state index is 6.20. The van der Waals surface area contributed by atoms with Crippen molar-refractivity contribution in [3.05, 3.63) is 40.3 Å². The topological polar surface area (TPSA) is 50.3 Å². The summed E-state index contributed by atoms with van der Waals surface area (Å²) in [5, 5.41) is 3.40. The molecule has 1 spiro atoms. The van der Waals surface area contributed by atoms with Crippen LogP contribution in [0.3, 0.4) is 0 Å². The van der Waals surface area contributed by atoms with Crippen molar-refractivity contribution in [1.82, 2.24) is 14.9 Å². The molecule has 5 nitrogen and oxygen atoms in total. The van der Waals surface area contributed by atoms with Gasteiger partial charge in [-0.05, 0) is 31.5 Å². The normalized spacial score (nSPS) is 27.8. The zero-order valence-electron chi connectivity index (χ0n) is 13.4. The lowest BCUT2D eigenvalue weighted by Gasteiger charge is -2.23. The summed E-state index contributed by atoms with van der Waals surface area (Å²) in [6.45, 7) is 6.10. The molecule has 2 atom stereocenters. The van der Waals surface area contributed by atoms with Crippen molar-refractivity contribution in [2.45, 2.75) is 38.0 Å². The van der Waals surface area contributed by atoms with Crippen molar-refractivity contribution in [1.29, 1.82) is 0 Å². The quantitative estimate of drug-likeness (QED) is 0.934. The number of likely N-dealkylation sites (tertiary alicyclic amines) is 1. The fraction of sp³-hybridized carbons (Fsp3) is 0.529. The summed E-state index contributed by atoms with van der Waals surface area (Å²) in [7, 11) is 0. The van der Waals surface area contributed by atoms with E-state index in [2.05, 4.69) is 39.2 Å². The van der Waals surface area contributed by atoms with Gasteiger partial charge in [0.2, 0.25) is 5.95 Å². The molecule has 0 aliphatic carbocycles. The highest BCUT2D eigenvalue weighted by atomic mass is 32.1. The Bertz CT molecular complexity index is 662. The van der Waals surface area contributed by atoms with E-state index in [1.807, 2.05) is 17.4 Å². The minimum atomic E-state index is 0.0126. The Morgan fingerprint density at radius 1 is 1.39 bits per heavy atom. The molecule has 6 heteroatoms. The van der Waals surface area contributed by atoms with E-state index in [1.54, 1.807) is 12.4 Å². The van der Waals surface area contributed by atoms with Gasteiger partial charge in [0.1, 0.15) is 0 Å². The molecule has 2 aliphatic heterocycles. The average Bonchev–Trinajstić information content (AvgIpc) is 3.24. The molecule has 23 heavy (non-hydrogen) atoms. The van der Waals surface area contributed by atoms with Crippen LogP contribution in [-0.2, 0) is 11.3 Å². The van der Waals surface area contributed by atoms with Crippen LogP contribution < -0.4 is 5.32 Å². The number of nitrogens with zero attached hydrogens (tertiary/aromatic N) is 3. The van der Waals surface area contributed by atoms with Gasteiger partial charge in [0.05, 0.1) is 18.2 Å². The van der Waals surface area contributed by atoms with Crippen LogP contribution in [0.15, 0.2) is 30.6 Å². The Kier molecular flexibility index (Phi) is 4.05. The van der Waals surface area contributed by atoms with E-state index in [0.717, 1.165) is 39.1 Å². The van der Waals surface area contributed by atoms with Crippen LogP contribution in [0.1, 0.15) is 22.6 Å². The predicted octanol–water partition coefficient (Wildman–Crippen LogP) is 2.69. The first-order valence-electron chi connectivity index (χ1n) is 8.16. The van der Waals surface area contributed by atoms with Gasteiger partial charge in [-0.25, -0.2) is 9.97 Å². The zero-order valence-corrected chi connectivity index (χ0v) is 14.2. The number of ether oxygens (including phenoxy) is 1. The maximum atomic E-state index is 6.20. The van der Waals surface area contributed by atoms with Crippen LogP contribution in [0.2, 0.25) is 0 Å². The lowest BCUT2D eigenvalue weighted by atomic mass is 9.97. The van der Waals surface area contributed by atoms with Gasteiger partial charge < -0.3 is 10.1 Å². The average molecular weight is 330 g/mol. The first kappa shape index (κ1) is 15.1. The number of nitrogens with one attached hydrogen (secondary N) is 1. The number of hydrogen-bond donors (Lipinski definition) is 1. The number of aromatic nitrogens is 2. The number of thiophene rings is 1. The van der Waals surface area contributed by atoms with Crippen molar-refractivity contribution in [3.8, 4) is 0 Å². The standard InChI is InChI=1S/C17H22N4OS/c1-13-3-4-15(23-13)10-21-8-5-17(12-21)9-14(11-22-17)20-16-18-6-2-7-19-16/h2-4,6-7,14H,5,8-12H2,1H3,(H,18,19,20)/t14-,17-/m1/s1. The van der Waals surface area contributed by atoms with Crippen LogP contribution in [0.4, 0.5) is 5.95 Å². The van der Waals surface area contributed by atoms with Crippen LogP contribution in [0.5, 0.6) is 0 Å². The molecule has 1 N–H and O–H groups in total. The van der Waals surface area contributed by atoms with Crippen LogP contribution >= 0.6 is 11.3 Å². The Morgan fingerprint density at radius 2 is 2.26 bits per heavy atom. The first-order chi connectivity index (χ1) is 11.2. The third kappa shape index (κ3) is 3.39. The third-order valence-corrected chi connectivity index (χ3v) is 5.66. The summed E-state index contributed by atoms with van der Waals surface area (Å²) in [5.41, 5.74) is 0.0126. The molecule has 0 saturated carbocycles. The van der Waals surface area contributed by atoms with Crippen molar-refractivity contribution < 1.29 is 4.74 Å². The molecule has 4 heterocycles. The minimum Gasteiger partial charge on any atom is -0.371 e. The van der Waals surface area contributed by atoms with E-state index in [-0.39, 0.29) is 5.60 Å². The van der Waals surface area contributed by atoms with Gasteiger partial charge in [-0.2, -0.15) is 0 Å². The summed E-state index contributed by atoms with van der Waals surface area (Å²) in [5.74, 6) is 0.696. The summed E-state index contributed by atoms with van der Waals surface area (Å²) in [4.78, 5) is 13.8. The van der Waals surface area contributed by atoms with Crippen LogP contribution in [-0.4, -0.2) is 46.2 Å². The van der Waals surface area contributed by atoms with Gasteiger partial charge in [0.25, 0.3) is 0 Å². The van der Waals surface area contributed by atoms with Crippen molar-refractivity contribution in [2.24, 2.45) is 0 Å². The highest BCUT2D eigenvalue weighted by molar-refractivity contribution is 7.11. The number of aryl methyl sites for hydroxylation is 1. The summed E-state index contributed by atoms with van der Waals surface area (Å²) in [6.07, 6.45) is 5.68. The Labute approximate surface area is 140 Å². The van der Waals surface area contributed by atoms with E-state index < -0.39 is 0 Å². The number of hydrogen-bond acceptors (Lipinski definition) is 6. The molecule has 0 radical (unpaired) electrons. The fourth-order valence-corrected chi connectivity index (χ4v) is 4.56. The lowest BCUT2D eigenvalue weighted by Crippen LogP contribution is -2.33. The monoisotopic (exact) mass is 330 g/mol. The third-order valence-electron chi connectivity index (χ3n) is 4.68. The molecule has 4 rings (SSSR count). The van der Waals surface area contributed by atoms with E-state index in [4.69, 9.17) is 4.74 Å². The maximum Gasteiger partial charge on any atom is 0.222 e. The van der Waals surface area contributed by atoms with Gasteiger partial charge in [-0.1, -0.05) is 0 Å². The Hall–Kier alpha value is -1.50. The summed E-state index contributed by atoms with van der Waals surface area (Å²) < 4.78 is 6.20. The van der Waals surface area contributed by atoms with Crippen LogP contribution in [0, 0.1) is 6.92 Å². The highest BCUT2D eigenvalue weighted by Crippen LogP contribution is 2.36. The SMILES string of the molecule is Cc1ccc(CN2CC[C@@]3(C[C@@H](Nc4ncccn4)CO3)C2)s1. The number of rotatable bonds is 4. The molecular weight excluding hydrogens is 308 g/mol. The van der Waals surface area contributed by atoms with E-state index in [1.165, 1.54) is 9.75 Å². The number of anilines is 1. The Balaban J connectivity index is 1.34. The fourth-order valence-electron chi connectivity index (χ4n) is 3.63. The van der Waals surface area contributed by atoms with E-state index in [0.29, 0.717) is 12.0 Å². The predicted molar refractivity (Wildman–Crippen MR) is 91.7 cm³/mol. The second-order valence-corrected chi connectivity index (χ2v) is 7.96. The molecule has 0 amide bonds. The van der Waals surface area contributed by atoms with E-state index >= 15 is 0 Å². The summed E-state index contributed by atoms with van der Waals surface area (Å²) >= 11 is 1.90. The molecule has 2 fully saturated rings. The van der Waals surface area contributed by atoms with Crippen LogP contribution in [0.25, 0.3) is 0 Å². The van der Waals surface area contributed by atoms with E-state index in [9.17, 15) is 0 Å². The second-order valence-electron chi connectivity index (χ2n) is 6.58. The molecule has 0 unspecified atom stereocenters. The molecule has 2 aromatic heterocycles. The molecule has 122 valence electrons. The Morgan fingerprint density at radius 3 is 3.04 bits per heavy atom. The molecule has 0 bridgehead atoms. The van der Waals surface area contributed by atoms with Crippen molar-refractivity contribution in [2.75, 3.05) is 25.0 Å². The smallest absolute Gasteiger partial charge is 0.222 e. The zero-order chi connectivity index (χ0) is 15.7. The van der Waals surface area contributed by atoms with Gasteiger partial charge in [0, 0.05) is 48.2 Å². The van der Waals surface area contributed by atoms with Gasteiger partial charge >= 0.3 is 0 Å². The van der Waals surface area contributed by atoms with Gasteiger partial charge in [0.15, 0.2) is 0 Å². The second kappa shape index (κ2) is 6.19. The highest BCUT2D eigenvalue weighted by Gasteiger charge is 2.45. The first-order valence-corrected chi connectivity index (χ1v) is 8.98. The van der Waals surface area contributed by atoms with Gasteiger partial charge in [-0.3, -0.25) is 4.90 Å². The molecule has 2 aromatic rings. The molecular formula is C17H22N4OS. The van der Waals surface area contributed by atoms with Gasteiger partial charge in [-0.15, -0.1) is 11.3 Å².